The van der Waals surface area contributed by atoms with Gasteiger partial charge in [0, 0.05) is 24.2 Å². The number of aryl methyl sites for hydroxylation is 1. The molecule has 0 fully saturated rings. The number of hydrogen-bond donors (Lipinski definition) is 1. The number of rotatable bonds is 8. The highest BCUT2D eigenvalue weighted by Gasteiger charge is 2.19. The Morgan fingerprint density at radius 2 is 1.92 bits per heavy atom. The molecule has 1 heterocycles. The van der Waals surface area contributed by atoms with Gasteiger partial charge < -0.3 is 18.9 Å². The Kier molecular flexibility index (Phi) is 6.26. The number of aromatic nitrogens is 1. The van der Waals surface area contributed by atoms with Gasteiger partial charge in [-0.15, -0.1) is 0 Å². The number of benzene rings is 1. The van der Waals surface area contributed by atoms with Crippen LogP contribution in [-0.2, 0) is 11.8 Å². The van der Waals surface area contributed by atoms with Crippen molar-refractivity contribution in [3.63, 3.8) is 0 Å². The van der Waals surface area contributed by atoms with Crippen LogP contribution in [0, 0.1) is 6.92 Å². The lowest BCUT2D eigenvalue weighted by atomic mass is 10.1. The number of ether oxygens (including phenoxy) is 2. The van der Waals surface area contributed by atoms with Crippen molar-refractivity contribution in [1.29, 1.82) is 0 Å². The van der Waals surface area contributed by atoms with E-state index >= 15 is 0 Å². The van der Waals surface area contributed by atoms with Gasteiger partial charge in [0.05, 0.1) is 30.8 Å². The summed E-state index contributed by atoms with van der Waals surface area (Å²) in [5.41, 5.74) is 2.55. The van der Waals surface area contributed by atoms with Gasteiger partial charge >= 0.3 is 5.97 Å². The van der Waals surface area contributed by atoms with Crippen molar-refractivity contribution in [3.05, 3.63) is 29.5 Å². The van der Waals surface area contributed by atoms with Crippen LogP contribution < -0.4 is 9.64 Å². The lowest BCUT2D eigenvalue weighted by molar-refractivity contribution is -0.896. The van der Waals surface area contributed by atoms with Gasteiger partial charge in [0.15, 0.2) is 0 Å². The number of nitrogens with zero attached hydrogens (tertiary/aromatic N) is 1. The Morgan fingerprint density at radius 3 is 2.54 bits per heavy atom. The Bertz CT molecular complexity index is 702. The number of carbonyl (C=O) groups is 1. The Morgan fingerprint density at radius 1 is 1.21 bits per heavy atom. The van der Waals surface area contributed by atoms with Gasteiger partial charge in [-0.2, -0.15) is 0 Å². The first-order chi connectivity index (χ1) is 11.5. The molecule has 0 aliphatic heterocycles. The summed E-state index contributed by atoms with van der Waals surface area (Å²) in [6.45, 7) is 12.4. The van der Waals surface area contributed by atoms with Crippen LogP contribution in [-0.4, -0.2) is 43.4 Å². The molecule has 0 saturated carbocycles. The summed E-state index contributed by atoms with van der Waals surface area (Å²) in [6, 6.07) is 5.89. The molecule has 1 N–H and O–H groups in total. The maximum atomic E-state index is 12.2. The molecule has 0 amide bonds. The van der Waals surface area contributed by atoms with E-state index in [-0.39, 0.29) is 5.97 Å². The standard InChI is InChI=1S/C19H28N2O3/c1-6-21(7-2)11-12-24-15-9-10-16-17(13-15)20(5)14(4)18(16)19(22)23-8-3/h9-10,13H,6-8,11-12H2,1-5H3/p+1. The second kappa shape index (κ2) is 8.20. The first-order valence-corrected chi connectivity index (χ1v) is 8.75. The molecule has 0 saturated heterocycles. The quantitative estimate of drug-likeness (QED) is 0.751. The largest absolute Gasteiger partial charge is 0.488 e. The minimum absolute atomic E-state index is 0.264. The van der Waals surface area contributed by atoms with Crippen molar-refractivity contribution >= 4 is 16.9 Å². The van der Waals surface area contributed by atoms with Crippen LogP contribution in [0.25, 0.3) is 10.9 Å². The molecule has 132 valence electrons. The zero-order valence-electron chi connectivity index (χ0n) is 15.4. The van der Waals surface area contributed by atoms with Crippen molar-refractivity contribution in [3.8, 4) is 5.75 Å². The zero-order chi connectivity index (χ0) is 17.7. The molecule has 2 rings (SSSR count). The second-order valence-electron chi connectivity index (χ2n) is 5.97. The molecule has 5 heteroatoms. The summed E-state index contributed by atoms with van der Waals surface area (Å²) in [4.78, 5) is 13.7. The zero-order valence-corrected chi connectivity index (χ0v) is 15.4. The first-order valence-electron chi connectivity index (χ1n) is 8.75. The fraction of sp³-hybridized carbons (Fsp3) is 0.526. The average molecular weight is 333 g/mol. The van der Waals surface area contributed by atoms with Gasteiger partial charge in [-0.25, -0.2) is 4.79 Å². The maximum absolute atomic E-state index is 12.2. The molecule has 1 aromatic heterocycles. The van der Waals surface area contributed by atoms with E-state index in [1.54, 1.807) is 0 Å². The van der Waals surface area contributed by atoms with Crippen LogP contribution in [0.5, 0.6) is 5.75 Å². The fourth-order valence-electron chi connectivity index (χ4n) is 3.01. The van der Waals surface area contributed by atoms with E-state index in [9.17, 15) is 4.79 Å². The monoisotopic (exact) mass is 333 g/mol. The number of fused-ring (bicyclic) bond motifs is 1. The smallest absolute Gasteiger partial charge is 0.340 e. The number of quaternary nitrogens is 1. The normalized spacial score (nSPS) is 11.2. The molecular weight excluding hydrogens is 304 g/mol. The molecule has 0 unspecified atom stereocenters. The van der Waals surface area contributed by atoms with E-state index in [2.05, 4.69) is 13.8 Å². The van der Waals surface area contributed by atoms with Gasteiger partial charge in [-0.3, -0.25) is 0 Å². The minimum atomic E-state index is -0.264. The number of nitrogens with one attached hydrogen (secondary N) is 1. The van der Waals surface area contributed by atoms with Crippen LogP contribution >= 0.6 is 0 Å². The molecule has 5 nitrogen and oxygen atoms in total. The van der Waals surface area contributed by atoms with Gasteiger partial charge in [-0.1, -0.05) is 0 Å². The fourth-order valence-corrected chi connectivity index (χ4v) is 3.01. The van der Waals surface area contributed by atoms with E-state index < -0.39 is 0 Å². The number of esters is 1. The molecule has 0 aliphatic carbocycles. The van der Waals surface area contributed by atoms with E-state index in [1.807, 2.05) is 43.7 Å². The van der Waals surface area contributed by atoms with Crippen LogP contribution in [0.3, 0.4) is 0 Å². The Hall–Kier alpha value is -2.01. The highest BCUT2D eigenvalue weighted by molar-refractivity contribution is 6.06. The van der Waals surface area contributed by atoms with Crippen molar-refractivity contribution < 1.29 is 19.2 Å². The molecule has 0 atom stereocenters. The van der Waals surface area contributed by atoms with Gasteiger partial charge in [0.25, 0.3) is 0 Å². The van der Waals surface area contributed by atoms with E-state index in [4.69, 9.17) is 9.47 Å². The second-order valence-corrected chi connectivity index (χ2v) is 5.97. The van der Waals surface area contributed by atoms with Crippen molar-refractivity contribution in [2.45, 2.75) is 27.7 Å². The van der Waals surface area contributed by atoms with Gasteiger partial charge in [0.1, 0.15) is 18.9 Å². The number of carbonyl (C=O) groups excluding carboxylic acids is 1. The molecule has 0 spiro atoms. The molecule has 0 aliphatic rings. The summed E-state index contributed by atoms with van der Waals surface area (Å²) in [6.07, 6.45) is 0. The lowest BCUT2D eigenvalue weighted by Gasteiger charge is -2.15. The third-order valence-corrected chi connectivity index (χ3v) is 4.67. The van der Waals surface area contributed by atoms with Crippen molar-refractivity contribution in [2.75, 3.05) is 32.8 Å². The summed E-state index contributed by atoms with van der Waals surface area (Å²) in [5, 5.41) is 0.912. The molecular formula is C19H29N2O3+. The molecule has 24 heavy (non-hydrogen) atoms. The molecule has 2 aromatic rings. The summed E-state index contributed by atoms with van der Waals surface area (Å²) >= 11 is 0. The predicted molar refractivity (Wildman–Crippen MR) is 96.0 cm³/mol. The van der Waals surface area contributed by atoms with Gasteiger partial charge in [-0.05, 0) is 39.8 Å². The van der Waals surface area contributed by atoms with Crippen LogP contribution in [0.15, 0.2) is 18.2 Å². The van der Waals surface area contributed by atoms with E-state index in [0.29, 0.717) is 18.8 Å². The number of likely N-dealkylation sites (N-methyl/N-ethyl adjacent to an activating group) is 1. The van der Waals surface area contributed by atoms with E-state index in [1.165, 1.54) is 4.90 Å². The number of hydrogen-bond acceptors (Lipinski definition) is 3. The average Bonchev–Trinajstić information content (AvgIpc) is 2.83. The van der Waals surface area contributed by atoms with Crippen molar-refractivity contribution in [2.24, 2.45) is 7.05 Å². The van der Waals surface area contributed by atoms with Crippen molar-refractivity contribution in [1.82, 2.24) is 4.57 Å². The summed E-state index contributed by atoms with van der Waals surface area (Å²) in [5.74, 6) is 0.574. The summed E-state index contributed by atoms with van der Waals surface area (Å²) in [7, 11) is 1.96. The highest BCUT2D eigenvalue weighted by atomic mass is 16.5. The summed E-state index contributed by atoms with van der Waals surface area (Å²) < 4.78 is 13.1. The SMILES string of the molecule is CCOC(=O)c1c(C)n(C)c2cc(OCC[NH+](CC)CC)ccc12. The van der Waals surface area contributed by atoms with Gasteiger partial charge in [0.2, 0.25) is 0 Å². The third-order valence-electron chi connectivity index (χ3n) is 4.67. The third kappa shape index (κ3) is 3.73. The van der Waals surface area contributed by atoms with Crippen LogP contribution in [0.2, 0.25) is 0 Å². The molecule has 0 radical (unpaired) electrons. The molecule has 0 bridgehead atoms. The maximum Gasteiger partial charge on any atom is 0.340 e. The molecule has 1 aromatic carbocycles. The predicted octanol–water partition coefficient (Wildman–Crippen LogP) is 1.97. The van der Waals surface area contributed by atoms with Crippen LogP contribution in [0.1, 0.15) is 36.8 Å². The Balaban J connectivity index is 2.22. The lowest BCUT2D eigenvalue weighted by Crippen LogP contribution is -3.12. The highest BCUT2D eigenvalue weighted by Crippen LogP contribution is 2.29. The van der Waals surface area contributed by atoms with Crippen LogP contribution in [0.4, 0.5) is 0 Å². The first kappa shape index (κ1) is 18.3. The Labute approximate surface area is 144 Å². The van der Waals surface area contributed by atoms with E-state index in [0.717, 1.165) is 42.0 Å². The minimum Gasteiger partial charge on any atom is -0.488 e. The topological polar surface area (TPSA) is 44.9 Å².